The third-order valence-electron chi connectivity index (χ3n) is 3.98. The molecule has 4 nitrogen and oxygen atoms in total. The Hall–Kier alpha value is -1.39. The van der Waals surface area contributed by atoms with Crippen molar-refractivity contribution in [2.45, 2.75) is 38.3 Å². The van der Waals surface area contributed by atoms with Gasteiger partial charge in [0.25, 0.3) is 0 Å². The quantitative estimate of drug-likeness (QED) is 0.856. The lowest BCUT2D eigenvalue weighted by atomic mass is 9.92. The molecule has 0 radical (unpaired) electrons. The number of nitrogens with one attached hydrogen (secondary N) is 1. The number of hydrogen-bond donors (Lipinski definition) is 2. The highest BCUT2D eigenvalue weighted by Gasteiger charge is 2.23. The van der Waals surface area contributed by atoms with Crippen LogP contribution >= 0.6 is 0 Å². The zero-order valence-corrected chi connectivity index (χ0v) is 12.0. The molecule has 1 aromatic rings. The van der Waals surface area contributed by atoms with Crippen LogP contribution in [0.15, 0.2) is 30.3 Å². The third kappa shape index (κ3) is 4.32. The molecule has 1 unspecified atom stereocenters. The first kappa shape index (κ1) is 15.0. The summed E-state index contributed by atoms with van der Waals surface area (Å²) in [6, 6.07) is 9.55. The standard InChI is InChI=1S/C16H24N2O2/c1-12(14-7-9-20-10-8-14)18-16(19)15(17)11-13-5-3-2-4-6-13/h2-6,12,14-15H,7-11,17H2,1H3,(H,18,19)/t12?,15-/m0/s1. The van der Waals surface area contributed by atoms with Crippen LogP contribution in [0.4, 0.5) is 0 Å². The van der Waals surface area contributed by atoms with E-state index in [0.717, 1.165) is 31.6 Å². The van der Waals surface area contributed by atoms with Gasteiger partial charge in [-0.2, -0.15) is 0 Å². The maximum Gasteiger partial charge on any atom is 0.237 e. The van der Waals surface area contributed by atoms with Gasteiger partial charge in [-0.1, -0.05) is 30.3 Å². The summed E-state index contributed by atoms with van der Waals surface area (Å²) in [5.41, 5.74) is 7.08. The summed E-state index contributed by atoms with van der Waals surface area (Å²) in [5, 5.41) is 3.05. The zero-order valence-electron chi connectivity index (χ0n) is 12.0. The van der Waals surface area contributed by atoms with Crippen LogP contribution in [0.5, 0.6) is 0 Å². The summed E-state index contributed by atoms with van der Waals surface area (Å²) in [6.07, 6.45) is 2.60. The van der Waals surface area contributed by atoms with Crippen LogP contribution in [0, 0.1) is 5.92 Å². The topological polar surface area (TPSA) is 64.4 Å². The third-order valence-corrected chi connectivity index (χ3v) is 3.98. The Labute approximate surface area is 120 Å². The van der Waals surface area contributed by atoms with Gasteiger partial charge in [0.05, 0.1) is 6.04 Å². The summed E-state index contributed by atoms with van der Waals surface area (Å²) in [6.45, 7) is 3.64. The van der Waals surface area contributed by atoms with Crippen molar-refractivity contribution >= 4 is 5.91 Å². The Bertz CT molecular complexity index is 416. The van der Waals surface area contributed by atoms with E-state index in [4.69, 9.17) is 10.5 Å². The van der Waals surface area contributed by atoms with E-state index in [1.807, 2.05) is 30.3 Å². The van der Waals surface area contributed by atoms with Gasteiger partial charge in [-0.3, -0.25) is 4.79 Å². The van der Waals surface area contributed by atoms with Crippen LogP contribution in [0.2, 0.25) is 0 Å². The van der Waals surface area contributed by atoms with E-state index in [0.29, 0.717) is 12.3 Å². The average molecular weight is 276 g/mol. The first-order valence-electron chi connectivity index (χ1n) is 7.34. The van der Waals surface area contributed by atoms with Crippen molar-refractivity contribution in [1.29, 1.82) is 0 Å². The fourth-order valence-electron chi connectivity index (χ4n) is 2.63. The number of nitrogens with two attached hydrogens (primary N) is 1. The lowest BCUT2D eigenvalue weighted by Crippen LogP contribution is -2.48. The number of carbonyl (C=O) groups is 1. The van der Waals surface area contributed by atoms with Gasteiger partial charge in [-0.25, -0.2) is 0 Å². The molecule has 0 bridgehead atoms. The molecule has 2 rings (SSSR count). The molecule has 110 valence electrons. The van der Waals surface area contributed by atoms with Crippen molar-refractivity contribution in [3.05, 3.63) is 35.9 Å². The number of hydrogen-bond acceptors (Lipinski definition) is 3. The smallest absolute Gasteiger partial charge is 0.237 e. The minimum atomic E-state index is -0.486. The molecule has 0 saturated carbocycles. The maximum absolute atomic E-state index is 12.1. The molecule has 1 aliphatic rings. The number of amides is 1. The molecule has 2 atom stereocenters. The van der Waals surface area contributed by atoms with E-state index in [-0.39, 0.29) is 11.9 Å². The molecule has 1 aromatic carbocycles. The van der Waals surface area contributed by atoms with E-state index in [1.165, 1.54) is 0 Å². The van der Waals surface area contributed by atoms with Crippen molar-refractivity contribution in [2.24, 2.45) is 11.7 Å². The van der Waals surface area contributed by atoms with E-state index in [2.05, 4.69) is 12.2 Å². The molecule has 4 heteroatoms. The second-order valence-electron chi connectivity index (χ2n) is 5.54. The predicted octanol–water partition coefficient (Wildman–Crippen LogP) is 1.49. The first-order valence-corrected chi connectivity index (χ1v) is 7.34. The lowest BCUT2D eigenvalue weighted by Gasteiger charge is -2.29. The largest absolute Gasteiger partial charge is 0.381 e. The van der Waals surface area contributed by atoms with Crippen LogP contribution in [0.3, 0.4) is 0 Å². The molecule has 1 aliphatic heterocycles. The van der Waals surface area contributed by atoms with Gasteiger partial charge in [0.2, 0.25) is 5.91 Å². The van der Waals surface area contributed by atoms with Gasteiger partial charge in [-0.15, -0.1) is 0 Å². The Morgan fingerprint density at radius 2 is 2.00 bits per heavy atom. The predicted molar refractivity (Wildman–Crippen MR) is 79.3 cm³/mol. The second-order valence-corrected chi connectivity index (χ2v) is 5.54. The van der Waals surface area contributed by atoms with Gasteiger partial charge in [0.15, 0.2) is 0 Å². The van der Waals surface area contributed by atoms with E-state index < -0.39 is 6.04 Å². The Morgan fingerprint density at radius 1 is 1.35 bits per heavy atom. The maximum atomic E-state index is 12.1. The normalized spacial score (nSPS) is 19.3. The van der Waals surface area contributed by atoms with Gasteiger partial charge in [0.1, 0.15) is 0 Å². The van der Waals surface area contributed by atoms with E-state index >= 15 is 0 Å². The SMILES string of the molecule is CC(NC(=O)[C@@H](N)Cc1ccccc1)C1CCOCC1. The summed E-state index contributed by atoms with van der Waals surface area (Å²) in [5.74, 6) is 0.435. The zero-order chi connectivity index (χ0) is 14.4. The highest BCUT2D eigenvalue weighted by molar-refractivity contribution is 5.82. The Kier molecular flexibility index (Phi) is 5.56. The second kappa shape index (κ2) is 7.41. The van der Waals surface area contributed by atoms with Gasteiger partial charge < -0.3 is 15.8 Å². The fraction of sp³-hybridized carbons (Fsp3) is 0.562. The minimum Gasteiger partial charge on any atom is -0.381 e. The van der Waals surface area contributed by atoms with Crippen LogP contribution in [0.25, 0.3) is 0 Å². The van der Waals surface area contributed by atoms with Crippen molar-refractivity contribution in [3.63, 3.8) is 0 Å². The molecular weight excluding hydrogens is 252 g/mol. The highest BCUT2D eigenvalue weighted by atomic mass is 16.5. The number of rotatable bonds is 5. The first-order chi connectivity index (χ1) is 9.66. The summed E-state index contributed by atoms with van der Waals surface area (Å²) in [4.78, 5) is 12.1. The van der Waals surface area contributed by atoms with Gasteiger partial charge in [-0.05, 0) is 37.7 Å². The van der Waals surface area contributed by atoms with E-state index in [9.17, 15) is 4.79 Å². The van der Waals surface area contributed by atoms with Crippen molar-refractivity contribution < 1.29 is 9.53 Å². The molecule has 0 aromatic heterocycles. The van der Waals surface area contributed by atoms with Gasteiger partial charge >= 0.3 is 0 Å². The average Bonchev–Trinajstić information content (AvgIpc) is 2.49. The summed E-state index contributed by atoms with van der Waals surface area (Å²) in [7, 11) is 0. The van der Waals surface area contributed by atoms with Gasteiger partial charge in [0, 0.05) is 19.3 Å². The fourth-order valence-corrected chi connectivity index (χ4v) is 2.63. The molecule has 1 saturated heterocycles. The van der Waals surface area contributed by atoms with Crippen molar-refractivity contribution in [3.8, 4) is 0 Å². The number of benzene rings is 1. The monoisotopic (exact) mass is 276 g/mol. The summed E-state index contributed by atoms with van der Waals surface area (Å²) < 4.78 is 5.34. The molecule has 0 spiro atoms. The lowest BCUT2D eigenvalue weighted by molar-refractivity contribution is -0.123. The molecule has 20 heavy (non-hydrogen) atoms. The minimum absolute atomic E-state index is 0.0622. The Balaban J connectivity index is 1.81. The molecule has 0 aliphatic carbocycles. The van der Waals surface area contributed by atoms with Crippen molar-refractivity contribution in [1.82, 2.24) is 5.32 Å². The van der Waals surface area contributed by atoms with E-state index in [1.54, 1.807) is 0 Å². The number of carbonyl (C=O) groups excluding carboxylic acids is 1. The number of ether oxygens (including phenoxy) is 1. The van der Waals surface area contributed by atoms with Crippen LogP contribution < -0.4 is 11.1 Å². The molecular formula is C16H24N2O2. The Morgan fingerprint density at radius 3 is 2.65 bits per heavy atom. The summed E-state index contributed by atoms with van der Waals surface area (Å²) >= 11 is 0. The molecule has 1 heterocycles. The van der Waals surface area contributed by atoms with Crippen LogP contribution in [-0.2, 0) is 16.0 Å². The molecule has 3 N–H and O–H groups in total. The molecule has 1 amide bonds. The van der Waals surface area contributed by atoms with Crippen LogP contribution in [0.1, 0.15) is 25.3 Å². The highest BCUT2D eigenvalue weighted by Crippen LogP contribution is 2.18. The molecule has 1 fully saturated rings. The van der Waals surface area contributed by atoms with Crippen LogP contribution in [-0.4, -0.2) is 31.2 Å². The van der Waals surface area contributed by atoms with Crippen molar-refractivity contribution in [2.75, 3.05) is 13.2 Å².